The lowest BCUT2D eigenvalue weighted by Crippen LogP contribution is -2.13. The number of aromatic nitrogens is 1. The van der Waals surface area contributed by atoms with E-state index >= 15 is 0 Å². The van der Waals surface area contributed by atoms with Crippen molar-refractivity contribution in [3.05, 3.63) is 52.4 Å². The van der Waals surface area contributed by atoms with Gasteiger partial charge < -0.3 is 10.6 Å². The topological polar surface area (TPSA) is 54.0 Å². The zero-order chi connectivity index (χ0) is 14.5. The van der Waals surface area contributed by atoms with Gasteiger partial charge in [0.15, 0.2) is 0 Å². The summed E-state index contributed by atoms with van der Waals surface area (Å²) in [4.78, 5) is 16.2. The van der Waals surface area contributed by atoms with Crippen molar-refractivity contribution < 1.29 is 9.18 Å². The molecule has 0 bridgehead atoms. The standard InChI is InChI=1S/C14H13BrFN3O/c1-2-17-13-7-9(5-6-18-13)14(20)19-10-3-4-11(15)12(16)8-10/h3-8H,2H2,1H3,(H,17,18)(H,19,20). The summed E-state index contributed by atoms with van der Waals surface area (Å²) >= 11 is 3.06. The highest BCUT2D eigenvalue weighted by molar-refractivity contribution is 9.10. The van der Waals surface area contributed by atoms with Gasteiger partial charge in [0.2, 0.25) is 0 Å². The van der Waals surface area contributed by atoms with Crippen LogP contribution in [0.25, 0.3) is 0 Å². The number of pyridine rings is 1. The Kier molecular flexibility index (Phi) is 4.68. The molecule has 0 unspecified atom stereocenters. The van der Waals surface area contributed by atoms with E-state index in [0.717, 1.165) is 6.54 Å². The number of halogens is 2. The zero-order valence-electron chi connectivity index (χ0n) is 10.8. The first-order valence-electron chi connectivity index (χ1n) is 6.06. The van der Waals surface area contributed by atoms with Crippen LogP contribution in [0.1, 0.15) is 17.3 Å². The van der Waals surface area contributed by atoms with E-state index in [0.29, 0.717) is 21.5 Å². The van der Waals surface area contributed by atoms with Gasteiger partial charge in [0.05, 0.1) is 4.47 Å². The molecule has 2 aromatic rings. The van der Waals surface area contributed by atoms with Crippen LogP contribution in [0.15, 0.2) is 41.0 Å². The van der Waals surface area contributed by atoms with Crippen LogP contribution < -0.4 is 10.6 Å². The molecule has 0 saturated carbocycles. The Morgan fingerprint density at radius 3 is 2.85 bits per heavy atom. The molecule has 0 aliphatic heterocycles. The number of benzene rings is 1. The number of anilines is 2. The number of amides is 1. The normalized spacial score (nSPS) is 10.2. The molecule has 0 spiro atoms. The molecule has 0 saturated heterocycles. The highest BCUT2D eigenvalue weighted by Crippen LogP contribution is 2.20. The van der Waals surface area contributed by atoms with Gasteiger partial charge in [-0.2, -0.15) is 0 Å². The first-order chi connectivity index (χ1) is 9.60. The van der Waals surface area contributed by atoms with Crippen LogP contribution in [0.5, 0.6) is 0 Å². The Hall–Kier alpha value is -1.95. The quantitative estimate of drug-likeness (QED) is 0.894. The maximum Gasteiger partial charge on any atom is 0.255 e. The van der Waals surface area contributed by atoms with Gasteiger partial charge in [0.25, 0.3) is 5.91 Å². The molecule has 1 aromatic heterocycles. The Morgan fingerprint density at radius 1 is 1.35 bits per heavy atom. The minimum absolute atomic E-state index is 0.312. The number of nitrogens with one attached hydrogen (secondary N) is 2. The molecule has 1 amide bonds. The molecular formula is C14H13BrFN3O. The fourth-order valence-corrected chi connectivity index (χ4v) is 1.87. The number of hydrogen-bond donors (Lipinski definition) is 2. The maximum absolute atomic E-state index is 13.4. The van der Waals surface area contributed by atoms with E-state index in [1.54, 1.807) is 30.5 Å². The SMILES string of the molecule is CCNc1cc(C(=O)Nc2ccc(Br)c(F)c2)ccn1. The van der Waals surface area contributed by atoms with E-state index in [9.17, 15) is 9.18 Å². The molecule has 4 nitrogen and oxygen atoms in total. The van der Waals surface area contributed by atoms with Crippen LogP contribution in [0.3, 0.4) is 0 Å². The van der Waals surface area contributed by atoms with Gasteiger partial charge in [-0.15, -0.1) is 0 Å². The van der Waals surface area contributed by atoms with E-state index in [1.807, 2.05) is 6.92 Å². The molecule has 0 aliphatic carbocycles. The Bertz CT molecular complexity index is 634. The molecular weight excluding hydrogens is 325 g/mol. The Balaban J connectivity index is 2.15. The number of carbonyl (C=O) groups is 1. The predicted molar refractivity (Wildman–Crippen MR) is 80.5 cm³/mol. The Morgan fingerprint density at radius 2 is 2.15 bits per heavy atom. The second-order valence-electron chi connectivity index (χ2n) is 4.04. The molecule has 6 heteroatoms. The summed E-state index contributed by atoms with van der Waals surface area (Å²) < 4.78 is 13.7. The van der Waals surface area contributed by atoms with Crippen LogP contribution >= 0.6 is 15.9 Å². The van der Waals surface area contributed by atoms with Crippen molar-refractivity contribution in [1.29, 1.82) is 0 Å². The minimum Gasteiger partial charge on any atom is -0.370 e. The van der Waals surface area contributed by atoms with E-state index in [2.05, 4.69) is 31.5 Å². The second kappa shape index (κ2) is 6.47. The third-order valence-electron chi connectivity index (χ3n) is 2.56. The minimum atomic E-state index is -0.425. The molecule has 0 aliphatic rings. The molecule has 1 aromatic carbocycles. The van der Waals surface area contributed by atoms with Crippen molar-refractivity contribution in [2.45, 2.75) is 6.92 Å². The van der Waals surface area contributed by atoms with Crippen molar-refractivity contribution in [2.75, 3.05) is 17.2 Å². The molecule has 2 N–H and O–H groups in total. The van der Waals surface area contributed by atoms with E-state index < -0.39 is 5.82 Å². The average molecular weight is 338 g/mol. The Labute approximate surface area is 124 Å². The summed E-state index contributed by atoms with van der Waals surface area (Å²) in [6.07, 6.45) is 1.55. The fourth-order valence-electron chi connectivity index (χ4n) is 1.63. The van der Waals surface area contributed by atoms with Crippen molar-refractivity contribution in [3.8, 4) is 0 Å². The van der Waals surface area contributed by atoms with E-state index in [1.165, 1.54) is 6.07 Å². The van der Waals surface area contributed by atoms with Gasteiger partial charge in [-0.3, -0.25) is 4.79 Å². The molecule has 2 rings (SSSR count). The summed E-state index contributed by atoms with van der Waals surface area (Å²) in [5.41, 5.74) is 0.858. The summed E-state index contributed by atoms with van der Waals surface area (Å²) in [6.45, 7) is 2.66. The van der Waals surface area contributed by atoms with Gasteiger partial charge in [-0.1, -0.05) is 0 Å². The third-order valence-corrected chi connectivity index (χ3v) is 3.20. The van der Waals surface area contributed by atoms with Crippen LogP contribution in [0.2, 0.25) is 0 Å². The number of carbonyl (C=O) groups excluding carboxylic acids is 1. The first-order valence-corrected chi connectivity index (χ1v) is 6.85. The summed E-state index contributed by atoms with van der Waals surface area (Å²) in [6, 6.07) is 7.67. The highest BCUT2D eigenvalue weighted by atomic mass is 79.9. The lowest BCUT2D eigenvalue weighted by atomic mass is 10.2. The van der Waals surface area contributed by atoms with Crippen molar-refractivity contribution >= 4 is 33.3 Å². The van der Waals surface area contributed by atoms with E-state index in [-0.39, 0.29) is 5.91 Å². The predicted octanol–water partition coefficient (Wildman–Crippen LogP) is 3.67. The van der Waals surface area contributed by atoms with Gasteiger partial charge >= 0.3 is 0 Å². The molecule has 0 fully saturated rings. The smallest absolute Gasteiger partial charge is 0.255 e. The third kappa shape index (κ3) is 3.54. The van der Waals surface area contributed by atoms with E-state index in [4.69, 9.17) is 0 Å². The summed E-state index contributed by atoms with van der Waals surface area (Å²) in [5, 5.41) is 5.67. The second-order valence-corrected chi connectivity index (χ2v) is 4.90. The summed E-state index contributed by atoms with van der Waals surface area (Å²) in [7, 11) is 0. The average Bonchev–Trinajstić information content (AvgIpc) is 2.43. The molecule has 0 radical (unpaired) electrons. The molecule has 1 heterocycles. The number of rotatable bonds is 4. The van der Waals surface area contributed by atoms with Crippen molar-refractivity contribution in [3.63, 3.8) is 0 Å². The van der Waals surface area contributed by atoms with Crippen LogP contribution in [-0.2, 0) is 0 Å². The lowest BCUT2D eigenvalue weighted by Gasteiger charge is -2.07. The van der Waals surface area contributed by atoms with Crippen LogP contribution in [0.4, 0.5) is 15.9 Å². The lowest BCUT2D eigenvalue weighted by molar-refractivity contribution is 0.102. The van der Waals surface area contributed by atoms with Gasteiger partial charge in [0.1, 0.15) is 11.6 Å². The van der Waals surface area contributed by atoms with Gasteiger partial charge in [-0.25, -0.2) is 9.37 Å². The van der Waals surface area contributed by atoms with Crippen molar-refractivity contribution in [1.82, 2.24) is 4.98 Å². The van der Waals surface area contributed by atoms with Gasteiger partial charge in [0, 0.05) is 24.0 Å². The maximum atomic E-state index is 13.4. The fraction of sp³-hybridized carbons (Fsp3) is 0.143. The molecule has 104 valence electrons. The molecule has 20 heavy (non-hydrogen) atoms. The monoisotopic (exact) mass is 337 g/mol. The van der Waals surface area contributed by atoms with Crippen LogP contribution in [0, 0.1) is 5.82 Å². The largest absolute Gasteiger partial charge is 0.370 e. The van der Waals surface area contributed by atoms with Gasteiger partial charge in [-0.05, 0) is 53.2 Å². The summed E-state index contributed by atoms with van der Waals surface area (Å²) in [5.74, 6) is -0.110. The van der Waals surface area contributed by atoms with Crippen LogP contribution in [-0.4, -0.2) is 17.4 Å². The number of hydrogen-bond acceptors (Lipinski definition) is 3. The highest BCUT2D eigenvalue weighted by Gasteiger charge is 2.08. The van der Waals surface area contributed by atoms with Crippen molar-refractivity contribution in [2.24, 2.45) is 0 Å². The molecule has 0 atom stereocenters. The zero-order valence-corrected chi connectivity index (χ0v) is 12.4. The number of nitrogens with zero attached hydrogens (tertiary/aromatic N) is 1. The first kappa shape index (κ1) is 14.5.